The predicted molar refractivity (Wildman–Crippen MR) is 112 cm³/mol. The number of sulfonamides is 1. The number of benzene rings is 2. The lowest BCUT2D eigenvalue weighted by atomic mass is 10.1. The van der Waals surface area contributed by atoms with Crippen molar-refractivity contribution < 1.29 is 16.8 Å². The fourth-order valence-corrected chi connectivity index (χ4v) is 4.43. The van der Waals surface area contributed by atoms with E-state index in [-0.39, 0.29) is 15.7 Å². The maximum Gasteiger partial charge on any atom is 0.261 e. The summed E-state index contributed by atoms with van der Waals surface area (Å²) in [6.07, 6.45) is 0.829. The first-order valence-electron chi connectivity index (χ1n) is 9.04. The van der Waals surface area contributed by atoms with Crippen LogP contribution >= 0.6 is 0 Å². The summed E-state index contributed by atoms with van der Waals surface area (Å²) >= 11 is 0. The number of sulfone groups is 1. The molecule has 0 radical (unpaired) electrons. The Labute approximate surface area is 170 Å². The van der Waals surface area contributed by atoms with Crippen molar-refractivity contribution in [2.24, 2.45) is 0 Å². The maximum absolute atomic E-state index is 12.6. The molecule has 1 aromatic heterocycles. The van der Waals surface area contributed by atoms with Crippen molar-refractivity contribution in [3.05, 3.63) is 66.2 Å². The molecular weight excluding hydrogens is 410 g/mol. The van der Waals surface area contributed by atoms with Crippen molar-refractivity contribution in [3.63, 3.8) is 0 Å². The number of anilines is 1. The van der Waals surface area contributed by atoms with Crippen molar-refractivity contribution in [1.82, 2.24) is 10.2 Å². The molecule has 2 aromatic carbocycles. The summed E-state index contributed by atoms with van der Waals surface area (Å²) < 4.78 is 51.5. The summed E-state index contributed by atoms with van der Waals surface area (Å²) in [4.78, 5) is 0.175. The number of nitrogens with zero attached hydrogens (tertiary/aromatic N) is 2. The quantitative estimate of drug-likeness (QED) is 0.615. The molecule has 9 heteroatoms. The van der Waals surface area contributed by atoms with E-state index in [9.17, 15) is 16.8 Å². The van der Waals surface area contributed by atoms with Crippen molar-refractivity contribution in [2.75, 3.05) is 10.5 Å². The summed E-state index contributed by atoms with van der Waals surface area (Å²) in [5.41, 5.74) is 2.47. The van der Waals surface area contributed by atoms with Crippen LogP contribution in [0.5, 0.6) is 0 Å². The Morgan fingerprint density at radius 1 is 0.862 bits per heavy atom. The van der Waals surface area contributed by atoms with Gasteiger partial charge in [-0.2, -0.15) is 0 Å². The van der Waals surface area contributed by atoms with Crippen LogP contribution in [0, 0.1) is 0 Å². The second kappa shape index (κ2) is 8.30. The van der Waals surface area contributed by atoms with Gasteiger partial charge in [-0.15, -0.1) is 10.2 Å². The van der Waals surface area contributed by atoms with Crippen molar-refractivity contribution in [1.29, 1.82) is 0 Å². The third-order valence-electron chi connectivity index (χ3n) is 4.39. The van der Waals surface area contributed by atoms with Crippen molar-refractivity contribution in [2.45, 2.75) is 30.2 Å². The van der Waals surface area contributed by atoms with E-state index in [2.05, 4.69) is 14.9 Å². The minimum Gasteiger partial charge on any atom is -0.280 e. The number of nitrogens with one attached hydrogen (secondary N) is 1. The van der Waals surface area contributed by atoms with Gasteiger partial charge in [0.05, 0.1) is 16.3 Å². The smallest absolute Gasteiger partial charge is 0.261 e. The third kappa shape index (κ3) is 4.80. The number of hydrogen-bond acceptors (Lipinski definition) is 6. The van der Waals surface area contributed by atoms with Crippen LogP contribution in [0.3, 0.4) is 0 Å². The van der Waals surface area contributed by atoms with Gasteiger partial charge in [-0.25, -0.2) is 16.8 Å². The molecule has 0 aliphatic carbocycles. The SMILES string of the molecule is CCc1ccc(S(=O)(=O)Nc2cccc(-c3ccc(S(=O)(=O)CC)nn3)c2)cc1. The highest BCUT2D eigenvalue weighted by molar-refractivity contribution is 7.92. The molecule has 152 valence electrons. The molecule has 0 saturated heterocycles. The molecule has 1 heterocycles. The molecule has 0 aliphatic rings. The van der Waals surface area contributed by atoms with Crippen LogP contribution in [-0.2, 0) is 26.3 Å². The van der Waals surface area contributed by atoms with Crippen LogP contribution in [0.2, 0.25) is 0 Å². The van der Waals surface area contributed by atoms with Gasteiger partial charge < -0.3 is 0 Å². The summed E-state index contributed by atoms with van der Waals surface area (Å²) in [7, 11) is -7.16. The van der Waals surface area contributed by atoms with E-state index >= 15 is 0 Å². The van der Waals surface area contributed by atoms with E-state index in [4.69, 9.17) is 0 Å². The van der Waals surface area contributed by atoms with Gasteiger partial charge in [0, 0.05) is 11.3 Å². The lowest BCUT2D eigenvalue weighted by Crippen LogP contribution is -2.13. The van der Waals surface area contributed by atoms with E-state index in [0.717, 1.165) is 12.0 Å². The van der Waals surface area contributed by atoms with Gasteiger partial charge in [0.1, 0.15) is 0 Å². The zero-order valence-electron chi connectivity index (χ0n) is 16.0. The molecule has 0 aliphatic heterocycles. The molecule has 0 atom stereocenters. The molecule has 29 heavy (non-hydrogen) atoms. The molecule has 0 saturated carbocycles. The molecule has 7 nitrogen and oxygen atoms in total. The molecule has 1 N–H and O–H groups in total. The Balaban J connectivity index is 1.85. The Hall–Kier alpha value is -2.78. The van der Waals surface area contributed by atoms with E-state index in [1.165, 1.54) is 13.0 Å². The van der Waals surface area contributed by atoms with Gasteiger partial charge in [-0.3, -0.25) is 4.72 Å². The Morgan fingerprint density at radius 3 is 2.17 bits per heavy atom. The molecule has 0 fully saturated rings. The first-order chi connectivity index (χ1) is 13.7. The molecule has 0 spiro atoms. The molecular formula is C20H21N3O4S2. The summed E-state index contributed by atoms with van der Waals surface area (Å²) in [6, 6.07) is 16.3. The van der Waals surface area contributed by atoms with Gasteiger partial charge in [0.25, 0.3) is 10.0 Å². The summed E-state index contributed by atoms with van der Waals surface area (Å²) in [5, 5.41) is 7.67. The minimum atomic E-state index is -3.73. The standard InChI is InChI=1S/C20H21N3O4S2/c1-3-15-8-10-18(11-9-15)29(26,27)23-17-7-5-6-16(14-17)19-12-13-20(22-21-19)28(24,25)4-2/h5-14,23H,3-4H2,1-2H3. The second-order valence-electron chi connectivity index (χ2n) is 6.34. The molecule has 3 aromatic rings. The van der Waals surface area contributed by atoms with Gasteiger partial charge >= 0.3 is 0 Å². The van der Waals surface area contributed by atoms with Gasteiger partial charge in [-0.1, -0.05) is 38.1 Å². The summed E-state index contributed by atoms with van der Waals surface area (Å²) in [5.74, 6) is -0.0580. The maximum atomic E-state index is 12.6. The molecule has 0 unspecified atom stereocenters. The van der Waals surface area contributed by atoms with Crippen molar-refractivity contribution >= 4 is 25.5 Å². The highest BCUT2D eigenvalue weighted by Crippen LogP contribution is 2.23. The monoisotopic (exact) mass is 431 g/mol. The van der Waals surface area contributed by atoms with Crippen LogP contribution in [-0.4, -0.2) is 32.8 Å². The Morgan fingerprint density at radius 2 is 1.59 bits per heavy atom. The zero-order chi connectivity index (χ0) is 21.1. The second-order valence-corrected chi connectivity index (χ2v) is 10.3. The molecule has 0 bridgehead atoms. The number of hydrogen-bond donors (Lipinski definition) is 1. The van der Waals surface area contributed by atoms with Crippen LogP contribution in [0.25, 0.3) is 11.3 Å². The first-order valence-corrected chi connectivity index (χ1v) is 12.2. The van der Waals surface area contributed by atoms with Crippen LogP contribution in [0.15, 0.2) is 70.6 Å². The summed E-state index contributed by atoms with van der Waals surface area (Å²) in [6.45, 7) is 3.54. The minimum absolute atomic E-state index is 0.0580. The highest BCUT2D eigenvalue weighted by Gasteiger charge is 2.16. The zero-order valence-corrected chi connectivity index (χ0v) is 17.7. The fraction of sp³-hybridized carbons (Fsp3) is 0.200. The Kier molecular flexibility index (Phi) is 5.99. The third-order valence-corrected chi connectivity index (χ3v) is 7.40. The average Bonchev–Trinajstić information content (AvgIpc) is 2.74. The normalized spacial score (nSPS) is 11.9. The van der Waals surface area contributed by atoms with Crippen molar-refractivity contribution in [3.8, 4) is 11.3 Å². The number of rotatable bonds is 7. The highest BCUT2D eigenvalue weighted by atomic mass is 32.2. The number of aryl methyl sites for hydroxylation is 1. The largest absolute Gasteiger partial charge is 0.280 e. The van der Waals surface area contributed by atoms with E-state index in [1.54, 1.807) is 54.6 Å². The van der Waals surface area contributed by atoms with Gasteiger partial charge in [-0.05, 0) is 48.4 Å². The molecule has 0 amide bonds. The van der Waals surface area contributed by atoms with Gasteiger partial charge in [0.2, 0.25) is 0 Å². The van der Waals surface area contributed by atoms with Crippen LogP contribution < -0.4 is 4.72 Å². The molecule has 3 rings (SSSR count). The first kappa shape index (κ1) is 20.9. The lowest BCUT2D eigenvalue weighted by Gasteiger charge is -2.10. The number of aromatic nitrogens is 2. The average molecular weight is 432 g/mol. The van der Waals surface area contributed by atoms with E-state index < -0.39 is 19.9 Å². The van der Waals surface area contributed by atoms with Gasteiger partial charge in [0.15, 0.2) is 14.9 Å². The van der Waals surface area contributed by atoms with Crippen LogP contribution in [0.1, 0.15) is 19.4 Å². The van der Waals surface area contributed by atoms with E-state index in [1.807, 2.05) is 6.92 Å². The fourth-order valence-electron chi connectivity index (χ4n) is 2.65. The predicted octanol–water partition coefficient (Wildman–Crippen LogP) is 3.30. The van der Waals surface area contributed by atoms with Crippen LogP contribution in [0.4, 0.5) is 5.69 Å². The lowest BCUT2D eigenvalue weighted by molar-refractivity contribution is 0.591. The van der Waals surface area contributed by atoms with E-state index in [0.29, 0.717) is 16.9 Å². The Bertz CT molecular complexity index is 1210. The topological polar surface area (TPSA) is 106 Å².